The Bertz CT molecular complexity index is 1110. The Morgan fingerprint density at radius 1 is 1.11 bits per heavy atom. The van der Waals surface area contributed by atoms with Crippen LogP contribution in [0.15, 0.2) is 59.4 Å². The van der Waals surface area contributed by atoms with Crippen LogP contribution in [0.4, 0.5) is 0 Å². The van der Waals surface area contributed by atoms with Crippen molar-refractivity contribution in [2.24, 2.45) is 0 Å². The van der Waals surface area contributed by atoms with E-state index >= 15 is 0 Å². The lowest BCUT2D eigenvalue weighted by atomic mass is 10.0. The number of pyridine rings is 2. The summed E-state index contributed by atoms with van der Waals surface area (Å²) in [4.78, 5) is 20.7. The summed E-state index contributed by atoms with van der Waals surface area (Å²) in [7, 11) is 0. The first-order chi connectivity index (χ1) is 13.2. The molecule has 7 nitrogen and oxygen atoms in total. The minimum atomic E-state index is -0.720. The third-order valence-electron chi connectivity index (χ3n) is 4.04. The van der Waals surface area contributed by atoms with E-state index in [2.05, 4.69) is 15.1 Å². The van der Waals surface area contributed by atoms with Crippen molar-refractivity contribution in [3.05, 3.63) is 60.6 Å². The lowest BCUT2D eigenvalue weighted by Gasteiger charge is -2.08. The Morgan fingerprint density at radius 2 is 1.89 bits per heavy atom. The van der Waals surface area contributed by atoms with E-state index in [-0.39, 0.29) is 23.6 Å². The molecule has 3 heterocycles. The highest BCUT2D eigenvalue weighted by Gasteiger charge is 2.27. The van der Waals surface area contributed by atoms with Crippen molar-refractivity contribution in [2.45, 2.75) is 6.92 Å². The van der Waals surface area contributed by atoms with Crippen LogP contribution < -0.4 is 0 Å². The largest absolute Gasteiger partial charge is 0.505 e. The molecule has 0 aliphatic heterocycles. The van der Waals surface area contributed by atoms with Gasteiger partial charge in [0, 0.05) is 23.5 Å². The molecule has 0 aliphatic carbocycles. The molecule has 0 atom stereocenters. The average Bonchev–Trinajstić information content (AvgIpc) is 3.15. The van der Waals surface area contributed by atoms with Crippen LogP contribution in [0.2, 0.25) is 0 Å². The summed E-state index contributed by atoms with van der Waals surface area (Å²) >= 11 is 0. The van der Waals surface area contributed by atoms with E-state index in [9.17, 15) is 9.90 Å². The van der Waals surface area contributed by atoms with Gasteiger partial charge in [0.25, 0.3) is 0 Å². The van der Waals surface area contributed by atoms with E-state index in [0.717, 1.165) is 5.56 Å². The first-order valence-corrected chi connectivity index (χ1v) is 8.36. The SMILES string of the molecule is CCOC(=O)c1nc(-c2cccnc2)c2onc(-c3ccccc3)c2c1O. The van der Waals surface area contributed by atoms with Gasteiger partial charge in [0.15, 0.2) is 17.0 Å². The monoisotopic (exact) mass is 361 g/mol. The van der Waals surface area contributed by atoms with Crippen molar-refractivity contribution in [3.63, 3.8) is 0 Å². The number of rotatable bonds is 4. The molecular formula is C20H15N3O4. The van der Waals surface area contributed by atoms with Gasteiger partial charge in [0.2, 0.25) is 0 Å². The third kappa shape index (κ3) is 2.89. The van der Waals surface area contributed by atoms with E-state index in [4.69, 9.17) is 9.26 Å². The van der Waals surface area contributed by atoms with Crippen molar-refractivity contribution in [1.82, 2.24) is 15.1 Å². The van der Waals surface area contributed by atoms with Gasteiger partial charge in [-0.25, -0.2) is 9.78 Å². The number of aromatic hydroxyl groups is 1. The number of esters is 1. The number of aromatic nitrogens is 3. The number of fused-ring (bicyclic) bond motifs is 1. The van der Waals surface area contributed by atoms with Crippen LogP contribution in [-0.2, 0) is 4.74 Å². The minimum absolute atomic E-state index is 0.162. The van der Waals surface area contributed by atoms with E-state index < -0.39 is 5.97 Å². The quantitative estimate of drug-likeness (QED) is 0.551. The summed E-state index contributed by atoms with van der Waals surface area (Å²) in [6.07, 6.45) is 3.22. The van der Waals surface area contributed by atoms with Crippen molar-refractivity contribution >= 4 is 16.9 Å². The van der Waals surface area contributed by atoms with Crippen molar-refractivity contribution in [3.8, 4) is 28.3 Å². The van der Waals surface area contributed by atoms with Crippen LogP contribution in [0, 0.1) is 0 Å². The second kappa shape index (κ2) is 6.87. The Labute approximate surface area is 154 Å². The van der Waals surface area contributed by atoms with E-state index in [1.807, 2.05) is 30.3 Å². The van der Waals surface area contributed by atoms with E-state index in [0.29, 0.717) is 22.3 Å². The second-order valence-corrected chi connectivity index (χ2v) is 5.72. The van der Waals surface area contributed by atoms with Crippen LogP contribution in [0.25, 0.3) is 33.5 Å². The van der Waals surface area contributed by atoms with E-state index in [1.54, 1.807) is 31.5 Å². The first-order valence-electron chi connectivity index (χ1n) is 8.36. The maximum Gasteiger partial charge on any atom is 0.360 e. The predicted molar refractivity (Wildman–Crippen MR) is 98.1 cm³/mol. The molecule has 1 N–H and O–H groups in total. The van der Waals surface area contributed by atoms with Crippen molar-refractivity contribution in [1.29, 1.82) is 0 Å². The van der Waals surface area contributed by atoms with Crippen LogP contribution in [0.3, 0.4) is 0 Å². The van der Waals surface area contributed by atoms with Crippen LogP contribution >= 0.6 is 0 Å². The molecule has 0 spiro atoms. The van der Waals surface area contributed by atoms with E-state index in [1.165, 1.54) is 0 Å². The molecule has 0 unspecified atom stereocenters. The summed E-state index contributed by atoms with van der Waals surface area (Å²) in [6, 6.07) is 12.8. The molecule has 1 aromatic carbocycles. The summed E-state index contributed by atoms with van der Waals surface area (Å²) in [5.74, 6) is -1.04. The number of ether oxygens (including phenoxy) is 1. The molecule has 0 saturated heterocycles. The van der Waals surface area contributed by atoms with Gasteiger partial charge in [-0.15, -0.1) is 0 Å². The molecule has 7 heteroatoms. The van der Waals surface area contributed by atoms with Gasteiger partial charge in [-0.1, -0.05) is 35.5 Å². The summed E-state index contributed by atoms with van der Waals surface area (Å²) in [5.41, 5.74) is 2.22. The predicted octanol–water partition coefficient (Wildman–Crippen LogP) is 3.83. The minimum Gasteiger partial charge on any atom is -0.505 e. The number of carbonyl (C=O) groups is 1. The molecular weight excluding hydrogens is 346 g/mol. The molecule has 0 amide bonds. The zero-order valence-electron chi connectivity index (χ0n) is 14.4. The molecule has 0 bridgehead atoms. The van der Waals surface area contributed by atoms with Crippen LogP contribution in [0.1, 0.15) is 17.4 Å². The normalized spacial score (nSPS) is 10.9. The summed E-state index contributed by atoms with van der Waals surface area (Å²) in [5, 5.41) is 15.2. The molecule has 134 valence electrons. The highest BCUT2D eigenvalue weighted by atomic mass is 16.5. The Balaban J connectivity index is 2.05. The lowest BCUT2D eigenvalue weighted by Crippen LogP contribution is -2.08. The van der Waals surface area contributed by atoms with Crippen LogP contribution in [0.5, 0.6) is 5.75 Å². The molecule has 27 heavy (non-hydrogen) atoms. The molecule has 0 radical (unpaired) electrons. The van der Waals surface area contributed by atoms with Gasteiger partial charge in [0.1, 0.15) is 11.4 Å². The zero-order valence-corrected chi connectivity index (χ0v) is 14.4. The second-order valence-electron chi connectivity index (χ2n) is 5.72. The number of hydrogen-bond donors (Lipinski definition) is 1. The molecule has 0 saturated carbocycles. The maximum absolute atomic E-state index is 12.4. The van der Waals surface area contributed by atoms with Gasteiger partial charge < -0.3 is 14.4 Å². The fraction of sp³-hybridized carbons (Fsp3) is 0.100. The van der Waals surface area contributed by atoms with Gasteiger partial charge in [-0.3, -0.25) is 4.98 Å². The molecule has 4 rings (SSSR count). The first kappa shape index (κ1) is 16.7. The number of carbonyl (C=O) groups excluding carboxylic acids is 1. The van der Waals surface area contributed by atoms with Gasteiger partial charge in [-0.2, -0.15) is 0 Å². The smallest absolute Gasteiger partial charge is 0.360 e. The standard InChI is InChI=1S/C20H15N3O4/c1-2-26-20(25)17-18(24)14-15(12-7-4-3-5-8-12)23-27-19(14)16(22-17)13-9-6-10-21-11-13/h3-11,24H,2H2,1H3. The van der Waals surface area contributed by atoms with Gasteiger partial charge in [-0.05, 0) is 19.1 Å². The number of nitrogens with zero attached hydrogens (tertiary/aromatic N) is 3. The number of hydrogen-bond acceptors (Lipinski definition) is 7. The summed E-state index contributed by atoms with van der Waals surface area (Å²) in [6.45, 7) is 1.85. The maximum atomic E-state index is 12.4. The molecule has 3 aromatic heterocycles. The van der Waals surface area contributed by atoms with Crippen molar-refractivity contribution in [2.75, 3.05) is 6.61 Å². The fourth-order valence-corrected chi connectivity index (χ4v) is 2.84. The Morgan fingerprint density at radius 3 is 2.59 bits per heavy atom. The summed E-state index contributed by atoms with van der Waals surface area (Å²) < 4.78 is 10.6. The highest BCUT2D eigenvalue weighted by molar-refractivity contribution is 6.07. The lowest BCUT2D eigenvalue weighted by molar-refractivity contribution is 0.0516. The van der Waals surface area contributed by atoms with Crippen molar-refractivity contribution < 1.29 is 19.2 Å². The van der Waals surface area contributed by atoms with Gasteiger partial charge >= 0.3 is 5.97 Å². The number of benzene rings is 1. The third-order valence-corrected chi connectivity index (χ3v) is 4.04. The topological polar surface area (TPSA) is 98.3 Å². The molecule has 0 fully saturated rings. The van der Waals surface area contributed by atoms with Crippen LogP contribution in [-0.4, -0.2) is 32.8 Å². The molecule has 4 aromatic rings. The van der Waals surface area contributed by atoms with Gasteiger partial charge in [0.05, 0.1) is 12.0 Å². The molecule has 0 aliphatic rings. The Kier molecular flexibility index (Phi) is 4.25. The Hall–Kier alpha value is -3.74. The fourth-order valence-electron chi connectivity index (χ4n) is 2.84. The average molecular weight is 361 g/mol. The zero-order chi connectivity index (χ0) is 18.8. The highest BCUT2D eigenvalue weighted by Crippen LogP contribution is 2.40.